The number of anilines is 1. The second kappa shape index (κ2) is 6.57. The fourth-order valence-electron chi connectivity index (χ4n) is 4.61. The second-order valence-electron chi connectivity index (χ2n) is 8.69. The van der Waals surface area contributed by atoms with Gasteiger partial charge in [-0.25, -0.2) is 0 Å². The van der Waals surface area contributed by atoms with Crippen LogP contribution in [-0.2, 0) is 4.79 Å². The number of fused-ring (bicyclic) bond motifs is 3. The Kier molecular flexibility index (Phi) is 4.28. The lowest BCUT2D eigenvalue weighted by molar-refractivity contribution is -0.127. The average molecular weight is 382 g/mol. The first-order valence-corrected chi connectivity index (χ1v) is 9.67. The minimum atomic E-state index is -1.40. The van der Waals surface area contributed by atoms with Gasteiger partial charge in [-0.3, -0.25) is 9.78 Å². The Bertz CT molecular complexity index is 1050. The van der Waals surface area contributed by atoms with Crippen LogP contribution in [0.25, 0.3) is 6.08 Å². The van der Waals surface area contributed by atoms with Gasteiger partial charge in [0.1, 0.15) is 0 Å². The first-order valence-electron chi connectivity index (χ1n) is 9.67. The van der Waals surface area contributed by atoms with E-state index in [4.69, 9.17) is 0 Å². The third-order valence-electron chi connectivity index (χ3n) is 5.97. The Labute approximate surface area is 170 Å². The number of ketones is 1. The van der Waals surface area contributed by atoms with Crippen molar-refractivity contribution >= 4 is 17.5 Å². The molecule has 3 unspecified atom stereocenters. The van der Waals surface area contributed by atoms with Gasteiger partial charge in [0.25, 0.3) is 0 Å². The van der Waals surface area contributed by atoms with Crippen molar-refractivity contribution in [2.75, 3.05) is 4.90 Å². The van der Waals surface area contributed by atoms with E-state index in [1.54, 1.807) is 18.5 Å². The molecule has 0 spiro atoms. The first kappa shape index (κ1) is 18.9. The highest BCUT2D eigenvalue weighted by molar-refractivity contribution is 5.96. The molecule has 0 N–H and O–H groups in total. The molecule has 1 saturated heterocycles. The fourth-order valence-corrected chi connectivity index (χ4v) is 4.61. The number of hydrogen-bond acceptors (Lipinski definition) is 5. The van der Waals surface area contributed by atoms with Gasteiger partial charge in [-0.05, 0) is 23.3 Å². The standard InChI is InChI=1S/C24H22N4O/c1-23(2,3)22(29)21-20(17-8-6-12-27-13-17)24(14-25,15-26)19-11-10-16-7-4-5-9-18(16)28(19)21/h4-13,19-21H,1-3H3. The maximum atomic E-state index is 13.7. The van der Waals surface area contributed by atoms with Crippen LogP contribution >= 0.6 is 0 Å². The summed E-state index contributed by atoms with van der Waals surface area (Å²) in [7, 11) is 0. The van der Waals surface area contributed by atoms with Crippen LogP contribution < -0.4 is 4.90 Å². The van der Waals surface area contributed by atoms with Crippen LogP contribution in [0.1, 0.15) is 37.8 Å². The number of hydrogen-bond donors (Lipinski definition) is 0. The molecule has 1 aromatic heterocycles. The molecule has 0 saturated carbocycles. The third-order valence-corrected chi connectivity index (χ3v) is 5.97. The lowest BCUT2D eigenvalue weighted by Gasteiger charge is -2.37. The highest BCUT2D eigenvalue weighted by Gasteiger charge is 2.64. The molecular formula is C24H22N4O. The Balaban J connectivity index is 2.03. The van der Waals surface area contributed by atoms with Gasteiger partial charge in [-0.1, -0.05) is 57.2 Å². The van der Waals surface area contributed by atoms with E-state index in [0.717, 1.165) is 16.8 Å². The molecule has 0 bridgehead atoms. The summed E-state index contributed by atoms with van der Waals surface area (Å²) >= 11 is 0. The van der Waals surface area contributed by atoms with Gasteiger partial charge in [-0.2, -0.15) is 10.5 Å². The molecule has 1 aromatic carbocycles. The highest BCUT2D eigenvalue weighted by Crippen LogP contribution is 2.55. The Morgan fingerprint density at radius 3 is 2.48 bits per heavy atom. The van der Waals surface area contributed by atoms with Crippen molar-refractivity contribution < 1.29 is 4.79 Å². The van der Waals surface area contributed by atoms with Crippen LogP contribution in [0.15, 0.2) is 54.9 Å². The molecule has 3 heterocycles. The normalized spacial score (nSPS) is 24.2. The van der Waals surface area contributed by atoms with Crippen molar-refractivity contribution in [2.24, 2.45) is 10.8 Å². The number of nitrogens with zero attached hydrogens (tertiary/aromatic N) is 4. The largest absolute Gasteiger partial charge is 0.351 e. The summed E-state index contributed by atoms with van der Waals surface area (Å²) in [5.41, 5.74) is 0.556. The maximum absolute atomic E-state index is 13.7. The van der Waals surface area contributed by atoms with E-state index in [0.29, 0.717) is 0 Å². The van der Waals surface area contributed by atoms with Crippen LogP contribution in [-0.4, -0.2) is 22.9 Å². The maximum Gasteiger partial charge on any atom is 0.176 e. The number of pyridine rings is 1. The van der Waals surface area contributed by atoms with Crippen LogP contribution in [0.3, 0.4) is 0 Å². The smallest absolute Gasteiger partial charge is 0.176 e. The van der Waals surface area contributed by atoms with E-state index in [-0.39, 0.29) is 5.78 Å². The molecule has 0 radical (unpaired) electrons. The Morgan fingerprint density at radius 2 is 1.86 bits per heavy atom. The van der Waals surface area contributed by atoms with Gasteiger partial charge in [0, 0.05) is 29.4 Å². The minimum absolute atomic E-state index is 0.00818. The molecule has 2 aliphatic heterocycles. The van der Waals surface area contributed by atoms with Crippen molar-refractivity contribution in [1.82, 2.24) is 4.98 Å². The van der Waals surface area contributed by atoms with Crippen LogP contribution in [0.2, 0.25) is 0 Å². The topological polar surface area (TPSA) is 80.8 Å². The zero-order valence-corrected chi connectivity index (χ0v) is 16.7. The number of rotatable bonds is 2. The third kappa shape index (κ3) is 2.66. The zero-order valence-electron chi connectivity index (χ0n) is 16.7. The molecule has 0 aliphatic carbocycles. The Hall–Kier alpha value is -3.44. The molecule has 2 aromatic rings. The number of carbonyl (C=O) groups is 1. The van der Waals surface area contributed by atoms with E-state index < -0.39 is 28.8 Å². The summed E-state index contributed by atoms with van der Waals surface area (Å²) in [6.07, 6.45) is 7.17. The van der Waals surface area contributed by atoms with Crippen LogP contribution in [0, 0.1) is 33.5 Å². The Morgan fingerprint density at radius 1 is 1.14 bits per heavy atom. The average Bonchev–Trinajstić information content (AvgIpc) is 3.04. The highest BCUT2D eigenvalue weighted by atomic mass is 16.1. The minimum Gasteiger partial charge on any atom is -0.351 e. The summed E-state index contributed by atoms with van der Waals surface area (Å²) in [6, 6.07) is 14.9. The van der Waals surface area contributed by atoms with Crippen LogP contribution in [0.4, 0.5) is 5.69 Å². The molecule has 29 heavy (non-hydrogen) atoms. The van der Waals surface area contributed by atoms with Crippen molar-refractivity contribution in [3.63, 3.8) is 0 Å². The predicted octanol–water partition coefficient (Wildman–Crippen LogP) is 4.10. The molecule has 2 aliphatic rings. The van der Waals surface area contributed by atoms with Crippen molar-refractivity contribution in [2.45, 2.75) is 38.8 Å². The van der Waals surface area contributed by atoms with Gasteiger partial charge < -0.3 is 4.90 Å². The molecular weight excluding hydrogens is 360 g/mol. The summed E-state index contributed by atoms with van der Waals surface area (Å²) in [5.74, 6) is -0.604. The quantitative estimate of drug-likeness (QED) is 0.781. The summed E-state index contributed by atoms with van der Waals surface area (Å²) in [5, 5.41) is 20.5. The van der Waals surface area contributed by atoms with Gasteiger partial charge in [0.15, 0.2) is 11.2 Å². The lowest BCUT2D eigenvalue weighted by atomic mass is 9.68. The van der Waals surface area contributed by atoms with E-state index in [2.05, 4.69) is 17.1 Å². The van der Waals surface area contributed by atoms with Gasteiger partial charge >= 0.3 is 0 Å². The zero-order chi connectivity index (χ0) is 20.8. The number of aromatic nitrogens is 1. The monoisotopic (exact) mass is 382 g/mol. The van der Waals surface area contributed by atoms with E-state index >= 15 is 0 Å². The fraction of sp³-hybridized carbons (Fsp3) is 0.333. The molecule has 5 heteroatoms. The molecule has 5 nitrogen and oxygen atoms in total. The van der Waals surface area contributed by atoms with Gasteiger partial charge in [0.05, 0.1) is 24.2 Å². The van der Waals surface area contributed by atoms with Gasteiger partial charge in [-0.15, -0.1) is 0 Å². The number of carbonyl (C=O) groups excluding carboxylic acids is 1. The molecule has 3 atom stereocenters. The van der Waals surface area contributed by atoms with Crippen molar-refractivity contribution in [3.05, 3.63) is 66.0 Å². The summed E-state index contributed by atoms with van der Waals surface area (Å²) in [4.78, 5) is 19.9. The van der Waals surface area contributed by atoms with E-state index in [1.165, 1.54) is 0 Å². The van der Waals surface area contributed by atoms with Gasteiger partial charge in [0.2, 0.25) is 0 Å². The number of Topliss-reactive ketones (excluding diaryl/α,β-unsaturated/α-hetero) is 1. The van der Waals surface area contributed by atoms with Crippen molar-refractivity contribution in [3.8, 4) is 12.1 Å². The number of nitriles is 2. The lowest BCUT2D eigenvalue weighted by Crippen LogP contribution is -2.47. The first-order chi connectivity index (χ1) is 13.8. The number of benzene rings is 1. The molecule has 1 fully saturated rings. The second-order valence-corrected chi connectivity index (χ2v) is 8.69. The van der Waals surface area contributed by atoms with Crippen molar-refractivity contribution in [1.29, 1.82) is 10.5 Å². The van der Waals surface area contributed by atoms with Crippen LogP contribution in [0.5, 0.6) is 0 Å². The molecule has 144 valence electrons. The van der Waals surface area contributed by atoms with E-state index in [1.807, 2.05) is 68.2 Å². The van der Waals surface area contributed by atoms with E-state index in [9.17, 15) is 15.3 Å². The summed E-state index contributed by atoms with van der Waals surface area (Å²) < 4.78 is 0. The SMILES string of the molecule is CC(C)(C)C(=O)C1C(c2cccnc2)C(C#N)(C#N)C2C=Cc3ccccc3N12. The predicted molar refractivity (Wildman–Crippen MR) is 111 cm³/mol. The summed E-state index contributed by atoms with van der Waals surface area (Å²) in [6.45, 7) is 5.65. The molecule has 4 rings (SSSR count). The number of para-hydroxylation sites is 1. The molecule has 0 amide bonds.